The molecule has 2 aliphatic heterocycles. The Morgan fingerprint density at radius 3 is 2.55 bits per heavy atom. The van der Waals surface area contributed by atoms with Gasteiger partial charge < -0.3 is 15.0 Å². The third-order valence-corrected chi connectivity index (χ3v) is 7.37. The third kappa shape index (κ3) is 5.14. The maximum absolute atomic E-state index is 12.6. The molecule has 0 saturated carbocycles. The number of halogens is 1. The SMILES string of the molecule is CCOC(=O)N1CCC(NC(=O)c2ccc(N3CCCCS3(=O)=O)cc2Cl)CC1. The van der Waals surface area contributed by atoms with E-state index in [2.05, 4.69) is 5.32 Å². The van der Waals surface area contributed by atoms with Crippen molar-refractivity contribution in [2.45, 2.75) is 38.6 Å². The van der Waals surface area contributed by atoms with Crippen LogP contribution in [0.1, 0.15) is 43.0 Å². The molecule has 0 radical (unpaired) electrons. The molecule has 0 spiro atoms. The first-order valence-corrected chi connectivity index (χ1v) is 11.8. The molecular formula is C19H26ClN3O5S. The van der Waals surface area contributed by atoms with Crippen molar-refractivity contribution in [2.75, 3.05) is 36.3 Å². The zero-order valence-electron chi connectivity index (χ0n) is 16.4. The van der Waals surface area contributed by atoms with Crippen LogP contribution < -0.4 is 9.62 Å². The average molecular weight is 444 g/mol. The van der Waals surface area contributed by atoms with Gasteiger partial charge in [-0.15, -0.1) is 0 Å². The summed E-state index contributed by atoms with van der Waals surface area (Å²) in [5, 5.41) is 3.16. The van der Waals surface area contributed by atoms with Crippen molar-refractivity contribution in [3.63, 3.8) is 0 Å². The number of carbonyl (C=O) groups is 2. The molecule has 0 aromatic heterocycles. The van der Waals surface area contributed by atoms with Crippen LogP contribution in [0.3, 0.4) is 0 Å². The summed E-state index contributed by atoms with van der Waals surface area (Å²) in [7, 11) is -3.33. The fraction of sp³-hybridized carbons (Fsp3) is 0.579. The van der Waals surface area contributed by atoms with Gasteiger partial charge in [-0.1, -0.05) is 11.6 Å². The molecule has 29 heavy (non-hydrogen) atoms. The van der Waals surface area contributed by atoms with Crippen LogP contribution in [-0.2, 0) is 14.8 Å². The molecule has 8 nitrogen and oxygen atoms in total. The van der Waals surface area contributed by atoms with Crippen LogP contribution in [0.25, 0.3) is 0 Å². The summed E-state index contributed by atoms with van der Waals surface area (Å²) in [4.78, 5) is 26.0. The highest BCUT2D eigenvalue weighted by molar-refractivity contribution is 7.92. The molecule has 1 N–H and O–H groups in total. The number of likely N-dealkylation sites (tertiary alicyclic amines) is 1. The van der Waals surface area contributed by atoms with Crippen molar-refractivity contribution in [3.8, 4) is 0 Å². The average Bonchev–Trinajstić information content (AvgIpc) is 2.68. The molecule has 1 aromatic rings. The first kappa shape index (κ1) is 21.7. The van der Waals surface area contributed by atoms with Gasteiger partial charge in [-0.2, -0.15) is 0 Å². The third-order valence-electron chi connectivity index (χ3n) is 5.19. The number of sulfonamides is 1. The van der Waals surface area contributed by atoms with Gasteiger partial charge in [0.25, 0.3) is 5.91 Å². The van der Waals surface area contributed by atoms with E-state index >= 15 is 0 Å². The van der Waals surface area contributed by atoms with E-state index < -0.39 is 10.0 Å². The number of carbonyl (C=O) groups excluding carboxylic acids is 2. The van der Waals surface area contributed by atoms with E-state index in [1.807, 2.05) is 0 Å². The second-order valence-corrected chi connectivity index (χ2v) is 9.61. The fourth-order valence-electron chi connectivity index (χ4n) is 3.61. The molecule has 2 heterocycles. The standard InChI is InChI=1S/C19H26ClN3O5S/c1-2-28-19(25)22-10-7-14(8-11-22)21-18(24)16-6-5-15(13-17(16)20)23-9-3-4-12-29(23,26)27/h5-6,13-14H,2-4,7-12H2,1H3,(H,21,24). The summed E-state index contributed by atoms with van der Waals surface area (Å²) in [6.07, 6.45) is 2.38. The molecule has 2 saturated heterocycles. The van der Waals surface area contributed by atoms with Gasteiger partial charge in [0.05, 0.1) is 28.6 Å². The lowest BCUT2D eigenvalue weighted by Gasteiger charge is -2.31. The van der Waals surface area contributed by atoms with Crippen LogP contribution in [-0.4, -0.2) is 63.4 Å². The number of rotatable bonds is 4. The van der Waals surface area contributed by atoms with Crippen molar-refractivity contribution >= 4 is 39.3 Å². The highest BCUT2D eigenvalue weighted by Crippen LogP contribution is 2.28. The Bertz CT molecular complexity index is 869. The second-order valence-electron chi connectivity index (χ2n) is 7.19. The Morgan fingerprint density at radius 2 is 1.93 bits per heavy atom. The quantitative estimate of drug-likeness (QED) is 0.771. The van der Waals surface area contributed by atoms with E-state index in [4.69, 9.17) is 16.3 Å². The Balaban J connectivity index is 1.61. The van der Waals surface area contributed by atoms with Crippen molar-refractivity contribution in [1.82, 2.24) is 10.2 Å². The number of hydrogen-bond acceptors (Lipinski definition) is 5. The molecule has 2 fully saturated rings. The molecular weight excluding hydrogens is 418 g/mol. The zero-order chi connectivity index (χ0) is 21.0. The summed E-state index contributed by atoms with van der Waals surface area (Å²) < 4.78 is 30.9. The van der Waals surface area contributed by atoms with Gasteiger partial charge in [-0.25, -0.2) is 13.2 Å². The molecule has 2 amide bonds. The minimum Gasteiger partial charge on any atom is -0.450 e. The van der Waals surface area contributed by atoms with Crippen molar-refractivity contribution < 1.29 is 22.7 Å². The van der Waals surface area contributed by atoms with Crippen LogP contribution >= 0.6 is 11.6 Å². The van der Waals surface area contributed by atoms with Crippen LogP contribution in [0, 0.1) is 0 Å². The molecule has 3 rings (SSSR count). The zero-order valence-corrected chi connectivity index (χ0v) is 18.0. The molecule has 0 aliphatic carbocycles. The fourth-order valence-corrected chi connectivity index (χ4v) is 5.50. The van der Waals surface area contributed by atoms with Gasteiger partial charge in [-0.05, 0) is 50.8 Å². The predicted molar refractivity (Wildman–Crippen MR) is 111 cm³/mol. The molecule has 160 valence electrons. The summed E-state index contributed by atoms with van der Waals surface area (Å²) in [5.41, 5.74) is 0.784. The Hall–Kier alpha value is -2.00. The lowest BCUT2D eigenvalue weighted by atomic mass is 10.0. The van der Waals surface area contributed by atoms with E-state index in [0.717, 1.165) is 6.42 Å². The van der Waals surface area contributed by atoms with Crippen LogP contribution in [0.2, 0.25) is 5.02 Å². The van der Waals surface area contributed by atoms with Gasteiger partial charge in [0.15, 0.2) is 0 Å². The van der Waals surface area contributed by atoms with E-state index in [1.165, 1.54) is 10.4 Å². The normalized spacial score (nSPS) is 19.7. The Morgan fingerprint density at radius 1 is 1.21 bits per heavy atom. The van der Waals surface area contributed by atoms with E-state index in [9.17, 15) is 18.0 Å². The lowest BCUT2D eigenvalue weighted by Crippen LogP contribution is -2.46. The summed E-state index contributed by atoms with van der Waals surface area (Å²) >= 11 is 6.30. The minimum absolute atomic E-state index is 0.0635. The molecule has 0 unspecified atom stereocenters. The largest absolute Gasteiger partial charge is 0.450 e. The van der Waals surface area contributed by atoms with Gasteiger partial charge in [0.1, 0.15) is 0 Å². The monoisotopic (exact) mass is 443 g/mol. The topological polar surface area (TPSA) is 96.0 Å². The number of benzene rings is 1. The highest BCUT2D eigenvalue weighted by Gasteiger charge is 2.28. The Labute approximate surface area is 176 Å². The first-order valence-electron chi connectivity index (χ1n) is 9.84. The smallest absolute Gasteiger partial charge is 0.409 e. The van der Waals surface area contributed by atoms with Crippen molar-refractivity contribution in [3.05, 3.63) is 28.8 Å². The molecule has 2 aliphatic rings. The maximum Gasteiger partial charge on any atom is 0.409 e. The molecule has 10 heteroatoms. The van der Waals surface area contributed by atoms with Crippen molar-refractivity contribution in [1.29, 1.82) is 0 Å². The second kappa shape index (κ2) is 9.21. The summed E-state index contributed by atoms with van der Waals surface area (Å²) in [6.45, 7) is 3.55. The van der Waals surface area contributed by atoms with Gasteiger partial charge in [0, 0.05) is 25.7 Å². The number of piperidine rings is 1. The van der Waals surface area contributed by atoms with Gasteiger partial charge in [0.2, 0.25) is 10.0 Å². The number of hydrogen-bond donors (Lipinski definition) is 1. The number of nitrogens with zero attached hydrogens (tertiary/aromatic N) is 2. The molecule has 0 bridgehead atoms. The van der Waals surface area contributed by atoms with Crippen LogP contribution in [0.4, 0.5) is 10.5 Å². The van der Waals surface area contributed by atoms with Gasteiger partial charge >= 0.3 is 6.09 Å². The summed E-state index contributed by atoms with van der Waals surface area (Å²) in [6, 6.07) is 4.65. The van der Waals surface area contributed by atoms with Crippen LogP contribution in [0.5, 0.6) is 0 Å². The summed E-state index contributed by atoms with van der Waals surface area (Å²) in [5.74, 6) is -0.185. The van der Waals surface area contributed by atoms with E-state index in [1.54, 1.807) is 24.0 Å². The maximum atomic E-state index is 12.6. The minimum atomic E-state index is -3.33. The number of ether oxygens (including phenoxy) is 1. The van der Waals surface area contributed by atoms with Crippen LogP contribution in [0.15, 0.2) is 18.2 Å². The van der Waals surface area contributed by atoms with E-state index in [-0.39, 0.29) is 28.8 Å². The highest BCUT2D eigenvalue weighted by atomic mass is 35.5. The lowest BCUT2D eigenvalue weighted by molar-refractivity contribution is 0.0860. The first-order chi connectivity index (χ1) is 13.8. The van der Waals surface area contributed by atoms with E-state index in [0.29, 0.717) is 56.8 Å². The molecule has 0 atom stereocenters. The number of nitrogens with one attached hydrogen (secondary N) is 1. The van der Waals surface area contributed by atoms with Gasteiger partial charge in [-0.3, -0.25) is 9.10 Å². The molecule has 1 aromatic carbocycles. The number of anilines is 1. The Kier molecular flexibility index (Phi) is 6.89. The van der Waals surface area contributed by atoms with Crippen molar-refractivity contribution in [2.24, 2.45) is 0 Å². The predicted octanol–water partition coefficient (Wildman–Crippen LogP) is 2.62. The number of amides is 2.